The first-order valence-electron chi connectivity index (χ1n) is 5.98. The minimum atomic E-state index is 0.192. The van der Waals surface area contributed by atoms with Crippen LogP contribution in [0, 0.1) is 5.92 Å². The number of pyridine rings is 1. The topological polar surface area (TPSA) is 33.2 Å². The van der Waals surface area contributed by atoms with Gasteiger partial charge in [-0.1, -0.05) is 40.2 Å². The standard InChI is InChI=1S/C14H13BrN2O/c15-6-10-5-14(18)17(9-10)13-8-16-7-11-3-1-2-4-12(11)13/h1-4,7-8,10H,5-6,9H2. The van der Waals surface area contributed by atoms with Gasteiger partial charge in [-0.15, -0.1) is 0 Å². The van der Waals surface area contributed by atoms with E-state index in [-0.39, 0.29) is 5.91 Å². The highest BCUT2D eigenvalue weighted by molar-refractivity contribution is 9.09. The molecular weight excluding hydrogens is 292 g/mol. The van der Waals surface area contributed by atoms with Crippen molar-refractivity contribution < 1.29 is 4.79 Å². The highest BCUT2D eigenvalue weighted by Crippen LogP contribution is 2.31. The second kappa shape index (κ2) is 4.69. The Kier molecular flexibility index (Phi) is 3.04. The fourth-order valence-corrected chi connectivity index (χ4v) is 2.87. The molecule has 18 heavy (non-hydrogen) atoms. The molecular formula is C14H13BrN2O. The summed E-state index contributed by atoms with van der Waals surface area (Å²) < 4.78 is 0. The maximum absolute atomic E-state index is 12.1. The summed E-state index contributed by atoms with van der Waals surface area (Å²) in [6.45, 7) is 0.778. The van der Waals surface area contributed by atoms with Crippen LogP contribution in [-0.4, -0.2) is 22.8 Å². The van der Waals surface area contributed by atoms with E-state index < -0.39 is 0 Å². The van der Waals surface area contributed by atoms with Gasteiger partial charge >= 0.3 is 0 Å². The first kappa shape index (κ1) is 11.7. The van der Waals surface area contributed by atoms with Crippen molar-refractivity contribution >= 4 is 38.3 Å². The van der Waals surface area contributed by atoms with Gasteiger partial charge < -0.3 is 4.90 Å². The third kappa shape index (κ3) is 1.90. The van der Waals surface area contributed by atoms with E-state index in [2.05, 4.69) is 20.9 Å². The van der Waals surface area contributed by atoms with Crippen LogP contribution in [0.15, 0.2) is 36.7 Å². The van der Waals surface area contributed by atoms with E-state index in [0.717, 1.165) is 28.3 Å². The zero-order valence-corrected chi connectivity index (χ0v) is 11.4. The predicted octanol–water partition coefficient (Wildman–Crippen LogP) is 2.98. The summed E-state index contributed by atoms with van der Waals surface area (Å²) in [6.07, 6.45) is 4.24. The number of nitrogens with zero attached hydrogens (tertiary/aromatic N) is 2. The van der Waals surface area contributed by atoms with E-state index >= 15 is 0 Å². The van der Waals surface area contributed by atoms with E-state index in [1.54, 1.807) is 6.20 Å². The van der Waals surface area contributed by atoms with Gasteiger partial charge in [0.15, 0.2) is 0 Å². The van der Waals surface area contributed by atoms with Crippen LogP contribution >= 0.6 is 15.9 Å². The minimum absolute atomic E-state index is 0.192. The van der Waals surface area contributed by atoms with Crippen molar-refractivity contribution in [3.63, 3.8) is 0 Å². The average molecular weight is 305 g/mol. The Morgan fingerprint density at radius 2 is 2.17 bits per heavy atom. The molecule has 1 aliphatic heterocycles. The lowest BCUT2D eigenvalue weighted by molar-refractivity contribution is -0.117. The molecule has 1 aromatic heterocycles. The van der Waals surface area contributed by atoms with Gasteiger partial charge in [0, 0.05) is 35.3 Å². The monoisotopic (exact) mass is 304 g/mol. The normalized spacial score (nSPS) is 19.7. The highest BCUT2D eigenvalue weighted by Gasteiger charge is 2.30. The zero-order valence-electron chi connectivity index (χ0n) is 9.84. The van der Waals surface area contributed by atoms with Crippen molar-refractivity contribution in [2.45, 2.75) is 6.42 Å². The van der Waals surface area contributed by atoms with Crippen LogP contribution in [0.1, 0.15) is 6.42 Å². The van der Waals surface area contributed by atoms with Crippen molar-refractivity contribution in [2.75, 3.05) is 16.8 Å². The number of benzene rings is 1. The number of hydrogen-bond donors (Lipinski definition) is 0. The van der Waals surface area contributed by atoms with Gasteiger partial charge in [-0.05, 0) is 5.92 Å². The number of carbonyl (C=O) groups excluding carboxylic acids is 1. The molecule has 0 bridgehead atoms. The van der Waals surface area contributed by atoms with E-state index in [0.29, 0.717) is 12.3 Å². The quantitative estimate of drug-likeness (QED) is 0.799. The molecule has 2 aromatic rings. The van der Waals surface area contributed by atoms with Crippen molar-refractivity contribution in [1.82, 2.24) is 4.98 Å². The van der Waals surface area contributed by atoms with E-state index in [4.69, 9.17) is 0 Å². The van der Waals surface area contributed by atoms with Gasteiger partial charge in [0.25, 0.3) is 0 Å². The van der Waals surface area contributed by atoms with Crippen molar-refractivity contribution in [3.05, 3.63) is 36.7 Å². The highest BCUT2D eigenvalue weighted by atomic mass is 79.9. The molecule has 3 rings (SSSR count). The number of hydrogen-bond acceptors (Lipinski definition) is 2. The Hall–Kier alpha value is -1.42. The molecule has 1 aliphatic rings. The van der Waals surface area contributed by atoms with Crippen LogP contribution in [-0.2, 0) is 4.79 Å². The summed E-state index contributed by atoms with van der Waals surface area (Å²) in [7, 11) is 0. The molecule has 0 N–H and O–H groups in total. The van der Waals surface area contributed by atoms with Gasteiger partial charge in [-0.25, -0.2) is 0 Å². The summed E-state index contributed by atoms with van der Waals surface area (Å²) in [6, 6.07) is 8.05. The van der Waals surface area contributed by atoms with Crippen molar-refractivity contribution in [1.29, 1.82) is 0 Å². The molecule has 3 nitrogen and oxygen atoms in total. The minimum Gasteiger partial charge on any atom is -0.310 e. The Balaban J connectivity index is 2.07. The molecule has 2 heterocycles. The van der Waals surface area contributed by atoms with Crippen LogP contribution in [0.2, 0.25) is 0 Å². The van der Waals surface area contributed by atoms with Crippen LogP contribution in [0.5, 0.6) is 0 Å². The Bertz CT molecular complexity index is 594. The van der Waals surface area contributed by atoms with Gasteiger partial charge in [0.1, 0.15) is 0 Å². The third-order valence-electron chi connectivity index (χ3n) is 3.36. The second-order valence-corrected chi connectivity index (χ2v) is 5.26. The molecule has 1 aromatic carbocycles. The average Bonchev–Trinajstić information content (AvgIpc) is 2.79. The number of carbonyl (C=O) groups is 1. The lowest BCUT2D eigenvalue weighted by Crippen LogP contribution is -2.25. The van der Waals surface area contributed by atoms with Crippen molar-refractivity contribution in [3.8, 4) is 0 Å². The SMILES string of the molecule is O=C1CC(CBr)CN1c1cncc2ccccc12. The molecule has 1 saturated heterocycles. The van der Waals surface area contributed by atoms with Gasteiger partial charge in [0.2, 0.25) is 5.91 Å². The number of alkyl halides is 1. The molecule has 1 fully saturated rings. The first-order chi connectivity index (χ1) is 8.79. The van der Waals surface area contributed by atoms with Crippen LogP contribution in [0.4, 0.5) is 5.69 Å². The van der Waals surface area contributed by atoms with E-state index in [1.165, 1.54) is 0 Å². The second-order valence-electron chi connectivity index (χ2n) is 4.61. The summed E-state index contributed by atoms with van der Waals surface area (Å²) >= 11 is 3.46. The summed E-state index contributed by atoms with van der Waals surface area (Å²) in [4.78, 5) is 18.2. The Morgan fingerprint density at radius 3 is 2.94 bits per heavy atom. The van der Waals surface area contributed by atoms with Crippen LogP contribution in [0.25, 0.3) is 10.8 Å². The molecule has 92 valence electrons. The number of anilines is 1. The summed E-state index contributed by atoms with van der Waals surface area (Å²) in [5, 5.41) is 3.04. The first-order valence-corrected chi connectivity index (χ1v) is 7.11. The lowest BCUT2D eigenvalue weighted by atomic mass is 10.1. The van der Waals surface area contributed by atoms with E-state index in [9.17, 15) is 4.79 Å². The number of aromatic nitrogens is 1. The van der Waals surface area contributed by atoms with Gasteiger partial charge in [-0.2, -0.15) is 0 Å². The van der Waals surface area contributed by atoms with E-state index in [1.807, 2.05) is 35.4 Å². The van der Waals surface area contributed by atoms with Crippen molar-refractivity contribution in [2.24, 2.45) is 5.92 Å². The van der Waals surface area contributed by atoms with Crippen LogP contribution < -0.4 is 4.90 Å². The smallest absolute Gasteiger partial charge is 0.227 e. The fourth-order valence-electron chi connectivity index (χ4n) is 2.43. The molecule has 4 heteroatoms. The Labute approximate surface area is 114 Å². The fraction of sp³-hybridized carbons (Fsp3) is 0.286. The van der Waals surface area contributed by atoms with Gasteiger partial charge in [-0.3, -0.25) is 9.78 Å². The number of rotatable bonds is 2. The molecule has 0 spiro atoms. The molecule has 1 unspecified atom stereocenters. The number of halogens is 1. The summed E-state index contributed by atoms with van der Waals surface area (Å²) in [5.74, 6) is 0.592. The van der Waals surface area contributed by atoms with Gasteiger partial charge in [0.05, 0.1) is 11.9 Å². The largest absolute Gasteiger partial charge is 0.310 e. The predicted molar refractivity (Wildman–Crippen MR) is 76.0 cm³/mol. The molecule has 0 radical (unpaired) electrons. The summed E-state index contributed by atoms with van der Waals surface area (Å²) in [5.41, 5.74) is 0.932. The molecule has 0 aliphatic carbocycles. The molecule has 1 atom stereocenters. The number of fused-ring (bicyclic) bond motifs is 1. The third-order valence-corrected chi connectivity index (χ3v) is 4.28. The molecule has 0 saturated carbocycles. The number of amides is 1. The Morgan fingerprint density at radius 1 is 1.33 bits per heavy atom. The van der Waals surface area contributed by atoms with Crippen LogP contribution in [0.3, 0.4) is 0 Å². The molecule has 1 amide bonds. The maximum atomic E-state index is 12.1. The lowest BCUT2D eigenvalue weighted by Gasteiger charge is -2.18. The zero-order chi connectivity index (χ0) is 12.5. The maximum Gasteiger partial charge on any atom is 0.227 e.